The second kappa shape index (κ2) is 8.56. The average Bonchev–Trinajstić information content (AvgIpc) is 2.45. The van der Waals surface area contributed by atoms with Crippen LogP contribution in [0, 0.1) is 6.92 Å². The number of hydrogen-bond donors (Lipinski definition) is 1. The summed E-state index contributed by atoms with van der Waals surface area (Å²) in [4.78, 5) is 16.8. The second-order valence-corrected chi connectivity index (χ2v) is 4.77. The Morgan fingerprint density at radius 1 is 1.29 bits per heavy atom. The van der Waals surface area contributed by atoms with Crippen molar-refractivity contribution < 1.29 is 14.6 Å². The zero-order chi connectivity index (χ0) is 15.8. The molecule has 0 aliphatic rings. The van der Waals surface area contributed by atoms with Gasteiger partial charge in [0.1, 0.15) is 6.33 Å². The van der Waals surface area contributed by atoms with Gasteiger partial charge in [0.15, 0.2) is 0 Å². The fraction of sp³-hybridized carbons (Fsp3) is 0.214. The molecule has 21 heavy (non-hydrogen) atoms. The first-order chi connectivity index (χ1) is 10.0. The van der Waals surface area contributed by atoms with E-state index in [2.05, 4.69) is 9.97 Å². The SMILES string of the molecule is COCc1c(C)ncnc1-c1ccc(Cl)c(Cl)c1.O=CO. The molecule has 0 fully saturated rings. The van der Waals surface area contributed by atoms with Gasteiger partial charge >= 0.3 is 0 Å². The second-order valence-electron chi connectivity index (χ2n) is 3.95. The molecule has 2 rings (SSSR count). The van der Waals surface area contributed by atoms with E-state index >= 15 is 0 Å². The van der Waals surface area contributed by atoms with Crippen LogP contribution in [0.15, 0.2) is 24.5 Å². The highest BCUT2D eigenvalue weighted by Gasteiger charge is 2.11. The maximum atomic E-state index is 8.36. The maximum absolute atomic E-state index is 8.36. The van der Waals surface area contributed by atoms with Gasteiger partial charge in [0.05, 0.1) is 22.3 Å². The maximum Gasteiger partial charge on any atom is 0.290 e. The van der Waals surface area contributed by atoms with Crippen molar-refractivity contribution in [3.63, 3.8) is 0 Å². The van der Waals surface area contributed by atoms with Crippen molar-refractivity contribution in [3.8, 4) is 11.3 Å². The molecule has 1 heterocycles. The number of nitrogens with zero attached hydrogens (tertiary/aromatic N) is 2. The van der Waals surface area contributed by atoms with Gasteiger partial charge in [0, 0.05) is 23.9 Å². The Bertz CT molecular complexity index is 621. The highest BCUT2D eigenvalue weighted by atomic mass is 35.5. The van der Waals surface area contributed by atoms with E-state index in [-0.39, 0.29) is 6.47 Å². The Hall–Kier alpha value is -1.69. The van der Waals surface area contributed by atoms with Crippen molar-refractivity contribution in [3.05, 3.63) is 45.8 Å². The van der Waals surface area contributed by atoms with Crippen LogP contribution in [0.3, 0.4) is 0 Å². The van der Waals surface area contributed by atoms with Crippen molar-refractivity contribution >= 4 is 29.7 Å². The Kier molecular flexibility index (Phi) is 7.08. The van der Waals surface area contributed by atoms with E-state index in [0.29, 0.717) is 16.7 Å². The number of ether oxygens (including phenoxy) is 1. The zero-order valence-electron chi connectivity index (χ0n) is 11.5. The number of methoxy groups -OCH3 is 1. The monoisotopic (exact) mass is 328 g/mol. The molecule has 0 amide bonds. The zero-order valence-corrected chi connectivity index (χ0v) is 13.0. The van der Waals surface area contributed by atoms with E-state index < -0.39 is 0 Å². The largest absolute Gasteiger partial charge is 0.483 e. The van der Waals surface area contributed by atoms with E-state index in [9.17, 15) is 0 Å². The highest BCUT2D eigenvalue weighted by Crippen LogP contribution is 2.29. The molecule has 0 atom stereocenters. The molecule has 7 heteroatoms. The molecule has 0 aliphatic carbocycles. The molecule has 1 aromatic heterocycles. The third kappa shape index (κ3) is 4.67. The summed E-state index contributed by atoms with van der Waals surface area (Å²) < 4.78 is 5.19. The lowest BCUT2D eigenvalue weighted by molar-refractivity contribution is -0.122. The average molecular weight is 329 g/mol. The van der Waals surface area contributed by atoms with E-state index in [0.717, 1.165) is 22.5 Å². The van der Waals surface area contributed by atoms with Crippen LogP contribution in [0.2, 0.25) is 10.0 Å². The minimum Gasteiger partial charge on any atom is -0.483 e. The number of aromatic nitrogens is 2. The summed E-state index contributed by atoms with van der Waals surface area (Å²) in [6.45, 7) is 2.14. The molecule has 0 radical (unpaired) electrons. The number of rotatable bonds is 3. The lowest BCUT2D eigenvalue weighted by atomic mass is 10.1. The molecular weight excluding hydrogens is 315 g/mol. The van der Waals surface area contributed by atoms with E-state index in [1.165, 1.54) is 6.33 Å². The molecule has 2 aromatic rings. The predicted octanol–water partition coefficient (Wildman–Crippen LogP) is 3.61. The van der Waals surface area contributed by atoms with Crippen molar-refractivity contribution in [2.45, 2.75) is 13.5 Å². The van der Waals surface area contributed by atoms with Crippen LogP contribution in [-0.2, 0) is 16.1 Å². The quantitative estimate of drug-likeness (QED) is 0.871. The third-order valence-electron chi connectivity index (χ3n) is 2.64. The summed E-state index contributed by atoms with van der Waals surface area (Å²) in [6.07, 6.45) is 1.53. The molecule has 1 N–H and O–H groups in total. The molecular formula is C14H14Cl2N2O3. The summed E-state index contributed by atoms with van der Waals surface area (Å²) in [5.74, 6) is 0. The first-order valence-corrected chi connectivity index (χ1v) is 6.63. The molecule has 1 aromatic carbocycles. The topological polar surface area (TPSA) is 72.3 Å². The number of aryl methyl sites for hydroxylation is 1. The summed E-state index contributed by atoms with van der Waals surface area (Å²) in [6, 6.07) is 5.44. The van der Waals surface area contributed by atoms with Gasteiger partial charge in [-0.15, -0.1) is 0 Å². The van der Waals surface area contributed by atoms with Gasteiger partial charge in [-0.05, 0) is 19.1 Å². The van der Waals surface area contributed by atoms with Crippen molar-refractivity contribution in [2.24, 2.45) is 0 Å². The summed E-state index contributed by atoms with van der Waals surface area (Å²) in [7, 11) is 1.64. The van der Waals surface area contributed by atoms with E-state index in [4.69, 9.17) is 37.8 Å². The van der Waals surface area contributed by atoms with Crippen LogP contribution < -0.4 is 0 Å². The fourth-order valence-corrected chi connectivity index (χ4v) is 2.01. The van der Waals surface area contributed by atoms with Crippen molar-refractivity contribution in [1.29, 1.82) is 0 Å². The number of carboxylic acid groups (broad SMARTS) is 1. The fourth-order valence-electron chi connectivity index (χ4n) is 1.71. The Labute approximate surface area is 132 Å². The van der Waals surface area contributed by atoms with Gasteiger partial charge < -0.3 is 9.84 Å². The lowest BCUT2D eigenvalue weighted by Gasteiger charge is -2.10. The van der Waals surface area contributed by atoms with Gasteiger partial charge in [-0.3, -0.25) is 4.79 Å². The molecule has 5 nitrogen and oxygen atoms in total. The molecule has 112 valence electrons. The van der Waals surface area contributed by atoms with Gasteiger partial charge in [0.25, 0.3) is 6.47 Å². The van der Waals surface area contributed by atoms with Crippen LogP contribution in [0.25, 0.3) is 11.3 Å². The van der Waals surface area contributed by atoms with Crippen LogP contribution in [-0.4, -0.2) is 28.7 Å². The van der Waals surface area contributed by atoms with E-state index in [1.807, 2.05) is 13.0 Å². The molecule has 0 saturated carbocycles. The van der Waals surface area contributed by atoms with Crippen molar-refractivity contribution in [1.82, 2.24) is 9.97 Å². The van der Waals surface area contributed by atoms with Gasteiger partial charge in [-0.25, -0.2) is 9.97 Å². The van der Waals surface area contributed by atoms with Crippen LogP contribution in [0.1, 0.15) is 11.3 Å². The number of hydrogen-bond acceptors (Lipinski definition) is 4. The number of benzene rings is 1. The summed E-state index contributed by atoms with van der Waals surface area (Å²) in [5.41, 5.74) is 3.58. The lowest BCUT2D eigenvalue weighted by Crippen LogP contribution is -2.00. The first-order valence-electron chi connectivity index (χ1n) is 5.87. The van der Waals surface area contributed by atoms with Gasteiger partial charge in [-0.1, -0.05) is 29.3 Å². The van der Waals surface area contributed by atoms with E-state index in [1.54, 1.807) is 19.2 Å². The van der Waals surface area contributed by atoms with Gasteiger partial charge in [-0.2, -0.15) is 0 Å². The smallest absolute Gasteiger partial charge is 0.290 e. The Morgan fingerprint density at radius 3 is 2.52 bits per heavy atom. The summed E-state index contributed by atoms with van der Waals surface area (Å²) >= 11 is 11.9. The standard InChI is InChI=1S/C13H12Cl2N2O.CH2O2/c1-8-10(6-18-2)13(17-7-16-8)9-3-4-11(14)12(15)5-9;2-1-3/h3-5,7H,6H2,1-2H3;1H,(H,2,3). The molecule has 0 spiro atoms. The number of carbonyl (C=O) groups is 1. The highest BCUT2D eigenvalue weighted by molar-refractivity contribution is 6.42. The Balaban J connectivity index is 0.000000677. The van der Waals surface area contributed by atoms with Crippen LogP contribution in [0.4, 0.5) is 0 Å². The Morgan fingerprint density at radius 2 is 1.95 bits per heavy atom. The minimum absolute atomic E-state index is 0.250. The minimum atomic E-state index is -0.250. The van der Waals surface area contributed by atoms with Crippen LogP contribution >= 0.6 is 23.2 Å². The predicted molar refractivity (Wildman–Crippen MR) is 81.6 cm³/mol. The molecule has 0 aliphatic heterocycles. The molecule has 0 saturated heterocycles. The normalized spacial score (nSPS) is 9.71. The van der Waals surface area contributed by atoms with Crippen molar-refractivity contribution in [2.75, 3.05) is 7.11 Å². The first kappa shape index (κ1) is 17.4. The molecule has 0 unspecified atom stereocenters. The summed E-state index contributed by atoms with van der Waals surface area (Å²) in [5, 5.41) is 7.92. The van der Waals surface area contributed by atoms with Crippen LogP contribution in [0.5, 0.6) is 0 Å². The van der Waals surface area contributed by atoms with Gasteiger partial charge in [0.2, 0.25) is 0 Å². The third-order valence-corrected chi connectivity index (χ3v) is 3.38. The molecule has 0 bridgehead atoms. The number of halogens is 2.